The maximum Gasteiger partial charge on any atom is 0.0921 e. The van der Waals surface area contributed by atoms with E-state index in [1.165, 1.54) is 38.5 Å². The van der Waals surface area contributed by atoms with Crippen molar-refractivity contribution in [2.45, 2.75) is 51.6 Å². The Morgan fingerprint density at radius 1 is 1.41 bits per heavy atom. The Morgan fingerprint density at radius 2 is 2.12 bits per heavy atom. The first-order chi connectivity index (χ1) is 8.22. The van der Waals surface area contributed by atoms with Gasteiger partial charge in [0.2, 0.25) is 0 Å². The van der Waals surface area contributed by atoms with Gasteiger partial charge in [0.15, 0.2) is 0 Å². The van der Waals surface area contributed by atoms with Crippen LogP contribution in [0.1, 0.15) is 56.4 Å². The van der Waals surface area contributed by atoms with Crippen molar-refractivity contribution < 1.29 is 5.11 Å². The molecule has 1 aliphatic rings. The fraction of sp³-hybridized carbons (Fsp3) is 0.714. The second kappa shape index (κ2) is 6.35. The van der Waals surface area contributed by atoms with E-state index >= 15 is 0 Å². The van der Waals surface area contributed by atoms with Crippen molar-refractivity contribution >= 4 is 27.3 Å². The van der Waals surface area contributed by atoms with Crippen LogP contribution in [-0.4, -0.2) is 5.11 Å². The Kier molecular flexibility index (Phi) is 5.07. The molecule has 0 bridgehead atoms. The average Bonchev–Trinajstić information content (AvgIpc) is 2.76. The number of aliphatic hydroxyl groups excluding tert-OH is 1. The summed E-state index contributed by atoms with van der Waals surface area (Å²) >= 11 is 5.19. The van der Waals surface area contributed by atoms with Crippen LogP contribution in [0, 0.1) is 11.8 Å². The zero-order chi connectivity index (χ0) is 12.3. The normalized spacial score (nSPS) is 27.0. The predicted octanol–water partition coefficient (Wildman–Crippen LogP) is 5.15. The van der Waals surface area contributed by atoms with Gasteiger partial charge in [0.1, 0.15) is 0 Å². The van der Waals surface area contributed by atoms with Crippen LogP contribution in [0.5, 0.6) is 0 Å². The summed E-state index contributed by atoms with van der Waals surface area (Å²) in [5.74, 6) is 1.38. The minimum Gasteiger partial charge on any atom is -0.387 e. The molecule has 1 saturated carbocycles. The van der Waals surface area contributed by atoms with Crippen molar-refractivity contribution in [2.24, 2.45) is 11.8 Å². The number of thiophene rings is 1. The summed E-state index contributed by atoms with van der Waals surface area (Å²) in [6.07, 6.45) is 7.40. The lowest BCUT2D eigenvalue weighted by atomic mass is 9.77. The molecule has 2 rings (SSSR count). The molecular formula is C14H21BrOS. The Hall–Kier alpha value is 0.140. The van der Waals surface area contributed by atoms with Crippen molar-refractivity contribution in [1.29, 1.82) is 0 Å². The molecular weight excluding hydrogens is 296 g/mol. The summed E-state index contributed by atoms with van der Waals surface area (Å²) in [5, 5.41) is 12.5. The first-order valence-electron chi connectivity index (χ1n) is 6.63. The molecule has 0 spiro atoms. The molecule has 17 heavy (non-hydrogen) atoms. The van der Waals surface area contributed by atoms with E-state index in [0.29, 0.717) is 5.92 Å². The molecule has 0 aliphatic heterocycles. The van der Waals surface area contributed by atoms with E-state index in [1.807, 2.05) is 11.4 Å². The van der Waals surface area contributed by atoms with E-state index < -0.39 is 0 Å². The highest BCUT2D eigenvalue weighted by Crippen LogP contribution is 2.41. The lowest BCUT2D eigenvalue weighted by Crippen LogP contribution is -2.20. The van der Waals surface area contributed by atoms with Crippen LogP contribution in [0.25, 0.3) is 0 Å². The lowest BCUT2D eigenvalue weighted by Gasteiger charge is -2.31. The predicted molar refractivity (Wildman–Crippen MR) is 77.3 cm³/mol. The van der Waals surface area contributed by atoms with Gasteiger partial charge < -0.3 is 5.11 Å². The van der Waals surface area contributed by atoms with Crippen molar-refractivity contribution in [1.82, 2.24) is 0 Å². The van der Waals surface area contributed by atoms with E-state index in [9.17, 15) is 5.11 Å². The largest absolute Gasteiger partial charge is 0.387 e. The molecule has 0 saturated heterocycles. The third-order valence-corrected chi connectivity index (χ3v) is 5.89. The molecule has 1 fully saturated rings. The zero-order valence-electron chi connectivity index (χ0n) is 10.4. The molecule has 1 aromatic heterocycles. The van der Waals surface area contributed by atoms with Gasteiger partial charge in [-0.05, 0) is 52.1 Å². The third kappa shape index (κ3) is 3.33. The maximum absolute atomic E-state index is 10.4. The molecule has 3 heteroatoms. The number of aliphatic hydroxyl groups is 1. The van der Waals surface area contributed by atoms with Gasteiger partial charge >= 0.3 is 0 Å². The molecule has 1 atom stereocenters. The molecule has 1 N–H and O–H groups in total. The third-order valence-electron chi connectivity index (χ3n) is 3.95. The number of halogens is 1. The second-order valence-electron chi connectivity index (χ2n) is 5.15. The van der Waals surface area contributed by atoms with Gasteiger partial charge in [0, 0.05) is 9.35 Å². The van der Waals surface area contributed by atoms with E-state index in [1.54, 1.807) is 11.3 Å². The van der Waals surface area contributed by atoms with E-state index in [0.717, 1.165) is 15.3 Å². The number of hydrogen-bond donors (Lipinski definition) is 1. The summed E-state index contributed by atoms with van der Waals surface area (Å²) < 4.78 is 1.07. The molecule has 96 valence electrons. The van der Waals surface area contributed by atoms with Crippen LogP contribution >= 0.6 is 27.3 Å². The zero-order valence-corrected chi connectivity index (χ0v) is 12.8. The maximum atomic E-state index is 10.4. The monoisotopic (exact) mass is 316 g/mol. The first kappa shape index (κ1) is 13.6. The van der Waals surface area contributed by atoms with Gasteiger partial charge in [0.05, 0.1) is 6.10 Å². The topological polar surface area (TPSA) is 20.2 Å². The Morgan fingerprint density at radius 3 is 2.65 bits per heavy atom. The van der Waals surface area contributed by atoms with Crippen LogP contribution < -0.4 is 0 Å². The summed E-state index contributed by atoms with van der Waals surface area (Å²) in [6, 6.07) is 2.03. The second-order valence-corrected chi connectivity index (χ2v) is 6.95. The van der Waals surface area contributed by atoms with Gasteiger partial charge in [-0.3, -0.25) is 0 Å². The SMILES string of the molecule is CCCC1CCC(C(O)c2sccc2Br)CC1. The summed E-state index contributed by atoms with van der Waals surface area (Å²) in [6.45, 7) is 2.27. The number of hydrogen-bond acceptors (Lipinski definition) is 2. The minimum atomic E-state index is -0.257. The molecule has 0 aromatic carbocycles. The van der Waals surface area contributed by atoms with Crippen molar-refractivity contribution in [3.63, 3.8) is 0 Å². The standard InChI is InChI=1S/C14H21BrOS/c1-2-3-10-4-6-11(7-5-10)13(16)14-12(15)8-9-17-14/h8-11,13,16H,2-7H2,1H3. The summed E-state index contributed by atoms with van der Waals surface area (Å²) in [5.41, 5.74) is 0. The van der Waals surface area contributed by atoms with Crippen LogP contribution in [0.4, 0.5) is 0 Å². The molecule has 1 aliphatic carbocycles. The fourth-order valence-corrected chi connectivity index (χ4v) is 4.62. The van der Waals surface area contributed by atoms with E-state index in [4.69, 9.17) is 0 Å². The van der Waals surface area contributed by atoms with Gasteiger partial charge in [-0.2, -0.15) is 0 Å². The lowest BCUT2D eigenvalue weighted by molar-refractivity contribution is 0.0745. The molecule has 1 unspecified atom stereocenters. The average molecular weight is 317 g/mol. The van der Waals surface area contributed by atoms with Gasteiger partial charge in [-0.25, -0.2) is 0 Å². The summed E-state index contributed by atoms with van der Waals surface area (Å²) in [4.78, 5) is 1.11. The molecule has 1 heterocycles. The van der Waals surface area contributed by atoms with Crippen LogP contribution in [0.2, 0.25) is 0 Å². The van der Waals surface area contributed by atoms with Crippen LogP contribution in [0.15, 0.2) is 15.9 Å². The van der Waals surface area contributed by atoms with Crippen LogP contribution in [0.3, 0.4) is 0 Å². The van der Waals surface area contributed by atoms with E-state index in [-0.39, 0.29) is 6.10 Å². The van der Waals surface area contributed by atoms with Crippen molar-refractivity contribution in [3.8, 4) is 0 Å². The van der Waals surface area contributed by atoms with E-state index in [2.05, 4.69) is 22.9 Å². The summed E-state index contributed by atoms with van der Waals surface area (Å²) in [7, 11) is 0. The Bertz CT molecular complexity index is 342. The molecule has 1 aromatic rings. The van der Waals surface area contributed by atoms with Gasteiger partial charge in [-0.15, -0.1) is 11.3 Å². The van der Waals surface area contributed by atoms with Gasteiger partial charge in [0.25, 0.3) is 0 Å². The highest BCUT2D eigenvalue weighted by atomic mass is 79.9. The molecule has 0 amide bonds. The molecule has 1 nitrogen and oxygen atoms in total. The quantitative estimate of drug-likeness (QED) is 0.814. The highest BCUT2D eigenvalue weighted by Gasteiger charge is 2.28. The Labute approximate surface area is 116 Å². The number of rotatable bonds is 4. The smallest absolute Gasteiger partial charge is 0.0921 e. The highest BCUT2D eigenvalue weighted by molar-refractivity contribution is 9.10. The van der Waals surface area contributed by atoms with Gasteiger partial charge in [-0.1, -0.05) is 32.6 Å². The van der Waals surface area contributed by atoms with Crippen molar-refractivity contribution in [2.75, 3.05) is 0 Å². The Balaban J connectivity index is 1.90. The van der Waals surface area contributed by atoms with Crippen molar-refractivity contribution in [3.05, 3.63) is 20.8 Å². The van der Waals surface area contributed by atoms with Crippen LogP contribution in [-0.2, 0) is 0 Å². The minimum absolute atomic E-state index is 0.257. The molecule has 0 radical (unpaired) electrons. The fourth-order valence-electron chi connectivity index (χ4n) is 2.93. The first-order valence-corrected chi connectivity index (χ1v) is 8.30.